The Bertz CT molecular complexity index is 600. The van der Waals surface area contributed by atoms with Crippen LogP contribution in [0, 0.1) is 13.8 Å². The Morgan fingerprint density at radius 1 is 1.05 bits per heavy atom. The van der Waals surface area contributed by atoms with Crippen molar-refractivity contribution in [3.05, 3.63) is 64.7 Å². The summed E-state index contributed by atoms with van der Waals surface area (Å²) in [6.07, 6.45) is 0.562. The summed E-state index contributed by atoms with van der Waals surface area (Å²) in [6.45, 7) is 6.01. The monoisotopic (exact) mass is 270 g/mol. The lowest BCUT2D eigenvalue weighted by Gasteiger charge is -2.25. The Hall–Kier alpha value is -1.80. The van der Waals surface area contributed by atoms with Gasteiger partial charge in [0, 0.05) is 6.42 Å². The second kappa shape index (κ2) is 5.68. The molecule has 20 heavy (non-hydrogen) atoms. The summed E-state index contributed by atoms with van der Waals surface area (Å²) in [6, 6.07) is 14.0. The first kappa shape index (κ1) is 14.6. The minimum atomic E-state index is -0.884. The minimum Gasteiger partial charge on any atom is -0.497 e. The van der Waals surface area contributed by atoms with E-state index in [-0.39, 0.29) is 0 Å². The van der Waals surface area contributed by atoms with Crippen molar-refractivity contribution in [1.82, 2.24) is 0 Å². The molecule has 0 aliphatic carbocycles. The van der Waals surface area contributed by atoms with E-state index in [1.54, 1.807) is 7.11 Å². The lowest BCUT2D eigenvalue weighted by molar-refractivity contribution is 0.0575. The second-order valence-electron chi connectivity index (χ2n) is 5.60. The van der Waals surface area contributed by atoms with Crippen molar-refractivity contribution in [1.29, 1.82) is 0 Å². The molecule has 2 rings (SSSR count). The van der Waals surface area contributed by atoms with E-state index in [4.69, 9.17) is 4.74 Å². The summed E-state index contributed by atoms with van der Waals surface area (Å²) in [5.41, 5.74) is 3.57. The van der Waals surface area contributed by atoms with Gasteiger partial charge in [0.1, 0.15) is 5.75 Å². The predicted octanol–water partition coefficient (Wildman–Crippen LogP) is 3.76. The van der Waals surface area contributed by atoms with Gasteiger partial charge in [-0.05, 0) is 55.2 Å². The molecule has 2 nitrogen and oxygen atoms in total. The van der Waals surface area contributed by atoms with Crippen molar-refractivity contribution < 1.29 is 9.84 Å². The highest BCUT2D eigenvalue weighted by molar-refractivity contribution is 5.35. The molecular formula is C18H22O2. The maximum Gasteiger partial charge on any atom is 0.119 e. The smallest absolute Gasteiger partial charge is 0.119 e. The van der Waals surface area contributed by atoms with E-state index in [9.17, 15) is 5.11 Å². The molecule has 0 spiro atoms. The lowest BCUT2D eigenvalue weighted by atomic mass is 9.87. The molecule has 0 saturated heterocycles. The van der Waals surface area contributed by atoms with Crippen LogP contribution in [0.5, 0.6) is 5.75 Å². The van der Waals surface area contributed by atoms with E-state index in [0.717, 1.165) is 16.9 Å². The molecule has 2 aromatic carbocycles. The molecule has 0 aromatic heterocycles. The van der Waals surface area contributed by atoms with E-state index < -0.39 is 5.60 Å². The molecule has 1 atom stereocenters. The van der Waals surface area contributed by atoms with Gasteiger partial charge in [-0.1, -0.05) is 30.3 Å². The summed E-state index contributed by atoms with van der Waals surface area (Å²) in [4.78, 5) is 0. The number of methoxy groups -OCH3 is 1. The fourth-order valence-corrected chi connectivity index (χ4v) is 2.36. The minimum absolute atomic E-state index is 0.562. The molecule has 0 fully saturated rings. The molecule has 0 radical (unpaired) electrons. The zero-order chi connectivity index (χ0) is 14.8. The third-order valence-corrected chi connectivity index (χ3v) is 3.81. The Labute approximate surface area is 121 Å². The van der Waals surface area contributed by atoms with Crippen LogP contribution in [-0.2, 0) is 12.0 Å². The van der Waals surface area contributed by atoms with Gasteiger partial charge in [-0.25, -0.2) is 0 Å². The third kappa shape index (κ3) is 3.20. The molecule has 0 saturated carbocycles. The molecule has 1 unspecified atom stereocenters. The second-order valence-corrected chi connectivity index (χ2v) is 5.60. The first-order valence-corrected chi connectivity index (χ1v) is 6.85. The van der Waals surface area contributed by atoms with Crippen molar-refractivity contribution in [3.8, 4) is 5.75 Å². The van der Waals surface area contributed by atoms with Crippen LogP contribution in [0.15, 0.2) is 42.5 Å². The summed E-state index contributed by atoms with van der Waals surface area (Å²) < 4.78 is 5.23. The number of hydrogen-bond acceptors (Lipinski definition) is 2. The van der Waals surface area contributed by atoms with E-state index in [2.05, 4.69) is 26.0 Å². The summed E-state index contributed by atoms with van der Waals surface area (Å²) >= 11 is 0. The van der Waals surface area contributed by atoms with Gasteiger partial charge >= 0.3 is 0 Å². The van der Waals surface area contributed by atoms with Crippen LogP contribution in [-0.4, -0.2) is 12.2 Å². The molecule has 0 amide bonds. The zero-order valence-electron chi connectivity index (χ0n) is 12.6. The van der Waals surface area contributed by atoms with Crippen molar-refractivity contribution in [2.45, 2.75) is 32.8 Å². The van der Waals surface area contributed by atoms with Crippen molar-refractivity contribution in [2.24, 2.45) is 0 Å². The molecule has 106 valence electrons. The number of rotatable bonds is 4. The molecule has 2 heteroatoms. The van der Waals surface area contributed by atoms with Gasteiger partial charge in [0.2, 0.25) is 0 Å². The normalized spacial score (nSPS) is 13.8. The predicted molar refractivity (Wildman–Crippen MR) is 82.2 cm³/mol. The summed E-state index contributed by atoms with van der Waals surface area (Å²) in [5.74, 6) is 0.818. The number of benzene rings is 2. The van der Waals surface area contributed by atoms with Crippen LogP contribution < -0.4 is 4.74 Å². The molecule has 0 aliphatic heterocycles. The lowest BCUT2D eigenvalue weighted by Crippen LogP contribution is -2.24. The third-order valence-electron chi connectivity index (χ3n) is 3.81. The van der Waals surface area contributed by atoms with Crippen LogP contribution in [0.1, 0.15) is 29.2 Å². The van der Waals surface area contributed by atoms with Crippen LogP contribution in [0.3, 0.4) is 0 Å². The van der Waals surface area contributed by atoms with Gasteiger partial charge in [0.05, 0.1) is 12.7 Å². The van der Waals surface area contributed by atoms with Crippen molar-refractivity contribution >= 4 is 0 Å². The molecular weight excluding hydrogens is 248 g/mol. The van der Waals surface area contributed by atoms with Crippen LogP contribution in [0.25, 0.3) is 0 Å². The van der Waals surface area contributed by atoms with Crippen LogP contribution in [0.2, 0.25) is 0 Å². The van der Waals surface area contributed by atoms with Gasteiger partial charge in [-0.15, -0.1) is 0 Å². The fourth-order valence-electron chi connectivity index (χ4n) is 2.36. The highest BCUT2D eigenvalue weighted by Crippen LogP contribution is 2.28. The highest BCUT2D eigenvalue weighted by Gasteiger charge is 2.24. The van der Waals surface area contributed by atoms with E-state index >= 15 is 0 Å². The van der Waals surface area contributed by atoms with Crippen molar-refractivity contribution in [3.63, 3.8) is 0 Å². The van der Waals surface area contributed by atoms with Gasteiger partial charge in [-0.3, -0.25) is 0 Å². The fraction of sp³-hybridized carbons (Fsp3) is 0.333. The molecule has 2 aromatic rings. The Kier molecular flexibility index (Phi) is 4.15. The van der Waals surface area contributed by atoms with Crippen LogP contribution >= 0.6 is 0 Å². The Balaban J connectivity index is 2.27. The van der Waals surface area contributed by atoms with E-state index in [1.807, 2.05) is 37.3 Å². The number of aliphatic hydroxyl groups is 1. The topological polar surface area (TPSA) is 29.5 Å². The maximum absolute atomic E-state index is 10.8. The van der Waals surface area contributed by atoms with Gasteiger partial charge in [0.15, 0.2) is 0 Å². The van der Waals surface area contributed by atoms with E-state index in [1.165, 1.54) is 11.1 Å². The molecule has 1 N–H and O–H groups in total. The van der Waals surface area contributed by atoms with Gasteiger partial charge in [-0.2, -0.15) is 0 Å². The van der Waals surface area contributed by atoms with Crippen molar-refractivity contribution in [2.75, 3.05) is 7.11 Å². The molecule has 0 bridgehead atoms. The SMILES string of the molecule is COc1cccc(CC(C)(O)c2ccc(C)c(C)c2)c1. The standard InChI is InChI=1S/C18H22O2/c1-13-8-9-16(10-14(13)2)18(3,19)12-15-6-5-7-17(11-15)20-4/h5-11,19H,12H2,1-4H3. The summed E-state index contributed by atoms with van der Waals surface area (Å²) in [7, 11) is 1.65. The highest BCUT2D eigenvalue weighted by atomic mass is 16.5. The Morgan fingerprint density at radius 3 is 2.45 bits per heavy atom. The molecule has 0 aliphatic rings. The summed E-state index contributed by atoms with van der Waals surface area (Å²) in [5, 5.41) is 10.8. The number of aryl methyl sites for hydroxylation is 2. The van der Waals surface area contributed by atoms with Gasteiger partial charge < -0.3 is 9.84 Å². The molecule has 0 heterocycles. The van der Waals surface area contributed by atoms with E-state index in [0.29, 0.717) is 6.42 Å². The average molecular weight is 270 g/mol. The quantitative estimate of drug-likeness (QED) is 0.916. The first-order chi connectivity index (χ1) is 9.42. The van der Waals surface area contributed by atoms with Gasteiger partial charge in [0.25, 0.3) is 0 Å². The van der Waals surface area contributed by atoms with Crippen LogP contribution in [0.4, 0.5) is 0 Å². The first-order valence-electron chi connectivity index (χ1n) is 6.85. The maximum atomic E-state index is 10.8. The number of hydrogen-bond donors (Lipinski definition) is 1. The zero-order valence-corrected chi connectivity index (χ0v) is 12.6. The largest absolute Gasteiger partial charge is 0.497 e. The average Bonchev–Trinajstić information content (AvgIpc) is 2.41. The Morgan fingerprint density at radius 2 is 1.80 bits per heavy atom. The number of ether oxygens (including phenoxy) is 1.